The van der Waals surface area contributed by atoms with E-state index in [-0.39, 0.29) is 18.3 Å². The Kier molecular flexibility index (Phi) is 7.14. The maximum absolute atomic E-state index is 12.8. The molecule has 1 N–H and O–H groups in total. The van der Waals surface area contributed by atoms with Gasteiger partial charge in [0.25, 0.3) is 5.91 Å². The lowest BCUT2D eigenvalue weighted by Crippen LogP contribution is -2.12. The summed E-state index contributed by atoms with van der Waals surface area (Å²) >= 11 is 12.6. The van der Waals surface area contributed by atoms with Crippen molar-refractivity contribution in [3.63, 3.8) is 0 Å². The number of benzene rings is 2. The van der Waals surface area contributed by atoms with Crippen LogP contribution in [0.3, 0.4) is 0 Å². The van der Waals surface area contributed by atoms with Crippen LogP contribution in [0.5, 0.6) is 11.5 Å². The molecule has 0 atom stereocenters. The predicted octanol–water partition coefficient (Wildman–Crippen LogP) is 6.29. The monoisotopic (exact) mass is 499 g/mol. The smallest absolute Gasteiger partial charge is 0.291 e. The highest BCUT2D eigenvalue weighted by Crippen LogP contribution is 2.28. The van der Waals surface area contributed by atoms with Crippen LogP contribution in [0.2, 0.25) is 10.0 Å². The quantitative estimate of drug-likeness (QED) is 0.308. The van der Waals surface area contributed by atoms with E-state index in [0.717, 1.165) is 17.0 Å². The highest BCUT2D eigenvalue weighted by atomic mass is 35.5. The minimum atomic E-state index is -0.378. The van der Waals surface area contributed by atoms with Crippen LogP contribution in [0.15, 0.2) is 59.0 Å². The molecule has 2 aromatic heterocycles. The third kappa shape index (κ3) is 5.21. The Balaban J connectivity index is 1.42. The number of halogens is 2. The summed E-state index contributed by atoms with van der Waals surface area (Å²) in [6, 6.07) is 15.9. The van der Waals surface area contributed by atoms with Gasteiger partial charge < -0.3 is 19.2 Å². The van der Waals surface area contributed by atoms with Crippen LogP contribution in [0.4, 0.5) is 5.69 Å². The first-order chi connectivity index (χ1) is 16.4. The lowest BCUT2D eigenvalue weighted by molar-refractivity contribution is 0.0992. The van der Waals surface area contributed by atoms with Gasteiger partial charge in [-0.3, -0.25) is 9.48 Å². The van der Waals surface area contributed by atoms with Gasteiger partial charge in [-0.2, -0.15) is 5.10 Å². The molecule has 0 saturated carbocycles. The van der Waals surface area contributed by atoms with E-state index >= 15 is 0 Å². The summed E-state index contributed by atoms with van der Waals surface area (Å²) in [7, 11) is 1.60. The van der Waals surface area contributed by atoms with Crippen molar-refractivity contribution in [3.8, 4) is 11.5 Å². The van der Waals surface area contributed by atoms with E-state index in [1.807, 2.05) is 13.8 Å². The highest BCUT2D eigenvalue weighted by Gasteiger charge is 2.19. The fraction of sp³-hybridized carbons (Fsp3) is 0.200. The zero-order valence-corrected chi connectivity index (χ0v) is 20.4. The maximum Gasteiger partial charge on any atom is 0.291 e. The van der Waals surface area contributed by atoms with Gasteiger partial charge in [-0.15, -0.1) is 0 Å². The van der Waals surface area contributed by atoms with E-state index in [4.69, 9.17) is 37.1 Å². The fourth-order valence-corrected chi connectivity index (χ4v) is 3.96. The third-order valence-corrected chi connectivity index (χ3v) is 6.02. The molecular weight excluding hydrogens is 477 g/mol. The number of methoxy groups -OCH3 is 1. The second-order valence-electron chi connectivity index (χ2n) is 7.59. The predicted molar refractivity (Wildman–Crippen MR) is 131 cm³/mol. The number of aromatic nitrogens is 2. The van der Waals surface area contributed by atoms with Crippen LogP contribution in [0, 0.1) is 13.8 Å². The molecule has 2 heterocycles. The molecule has 0 bridgehead atoms. The van der Waals surface area contributed by atoms with Crippen LogP contribution in [-0.2, 0) is 13.2 Å². The molecule has 0 fully saturated rings. The first-order valence-electron chi connectivity index (χ1n) is 10.5. The lowest BCUT2D eigenvalue weighted by atomic mass is 10.2. The number of anilines is 1. The highest BCUT2D eigenvalue weighted by molar-refractivity contribution is 6.36. The number of amides is 1. The summed E-state index contributed by atoms with van der Waals surface area (Å²) in [5.41, 5.74) is 2.82. The Morgan fingerprint density at radius 3 is 2.38 bits per heavy atom. The number of nitrogens with one attached hydrogen (secondary N) is 1. The maximum atomic E-state index is 12.8. The van der Waals surface area contributed by atoms with E-state index in [2.05, 4.69) is 10.4 Å². The lowest BCUT2D eigenvalue weighted by Gasteiger charge is -2.09. The van der Waals surface area contributed by atoms with E-state index < -0.39 is 0 Å². The fourth-order valence-electron chi connectivity index (χ4n) is 3.44. The molecule has 0 spiro atoms. The minimum Gasteiger partial charge on any atom is -0.497 e. The van der Waals surface area contributed by atoms with Gasteiger partial charge in [0.2, 0.25) is 0 Å². The number of carbonyl (C=O) groups is 1. The molecule has 0 aliphatic heterocycles. The molecule has 4 aromatic rings. The molecule has 0 unspecified atom stereocenters. The molecule has 0 radical (unpaired) electrons. The summed E-state index contributed by atoms with van der Waals surface area (Å²) in [5.74, 6) is 1.73. The van der Waals surface area contributed by atoms with Crippen LogP contribution in [0.25, 0.3) is 0 Å². The Bertz CT molecular complexity index is 1290. The molecule has 9 heteroatoms. The van der Waals surface area contributed by atoms with Crippen molar-refractivity contribution in [2.75, 3.05) is 12.4 Å². The summed E-state index contributed by atoms with van der Waals surface area (Å²) in [4.78, 5) is 12.8. The summed E-state index contributed by atoms with van der Waals surface area (Å²) in [6.45, 7) is 4.27. The Hall–Kier alpha value is -3.42. The van der Waals surface area contributed by atoms with Gasteiger partial charge in [-0.1, -0.05) is 29.3 Å². The number of hydrogen-bond donors (Lipinski definition) is 1. The summed E-state index contributed by atoms with van der Waals surface area (Å²) < 4.78 is 18.3. The van der Waals surface area contributed by atoms with Gasteiger partial charge in [0.15, 0.2) is 5.76 Å². The van der Waals surface area contributed by atoms with Crippen molar-refractivity contribution in [2.24, 2.45) is 0 Å². The second-order valence-corrected chi connectivity index (χ2v) is 8.40. The number of hydrogen-bond acceptors (Lipinski definition) is 5. The van der Waals surface area contributed by atoms with Gasteiger partial charge in [-0.25, -0.2) is 0 Å². The molecular formula is C25H23Cl2N3O4. The van der Waals surface area contributed by atoms with Gasteiger partial charge in [0.1, 0.15) is 23.9 Å². The average Bonchev–Trinajstić information content (AvgIpc) is 3.41. The van der Waals surface area contributed by atoms with Gasteiger partial charge >= 0.3 is 0 Å². The number of aryl methyl sites for hydroxylation is 1. The molecule has 0 aliphatic rings. The molecule has 2 aromatic carbocycles. The van der Waals surface area contributed by atoms with E-state index in [1.54, 1.807) is 66.4 Å². The first-order valence-corrected chi connectivity index (χ1v) is 11.2. The average molecular weight is 500 g/mol. The minimum absolute atomic E-state index is 0.175. The van der Waals surface area contributed by atoms with E-state index in [1.165, 1.54) is 0 Å². The standard InChI is InChI=1S/C25H23Cl2N3O4/c1-15-24(16(2)30(29-15)13-20-21(26)5-4-6-22(20)27)28-25(31)23-12-11-19(34-23)14-33-18-9-7-17(32-3)8-10-18/h4-12H,13-14H2,1-3H3,(H,28,31). The molecule has 7 nitrogen and oxygen atoms in total. The largest absolute Gasteiger partial charge is 0.497 e. The van der Waals surface area contributed by atoms with Gasteiger partial charge in [0.05, 0.1) is 30.7 Å². The van der Waals surface area contributed by atoms with Crippen LogP contribution >= 0.6 is 23.2 Å². The van der Waals surface area contributed by atoms with Crippen molar-refractivity contribution in [3.05, 3.63) is 93.1 Å². The third-order valence-electron chi connectivity index (χ3n) is 5.32. The number of rotatable bonds is 8. The van der Waals surface area contributed by atoms with E-state index in [0.29, 0.717) is 39.5 Å². The molecule has 34 heavy (non-hydrogen) atoms. The molecule has 1 amide bonds. The zero-order chi connectivity index (χ0) is 24.2. The SMILES string of the molecule is COc1ccc(OCc2ccc(C(=O)Nc3c(C)nn(Cc4c(Cl)cccc4Cl)c3C)o2)cc1. The number of nitrogens with zero attached hydrogens (tertiary/aromatic N) is 2. The van der Waals surface area contributed by atoms with Crippen molar-refractivity contribution in [1.29, 1.82) is 0 Å². The first kappa shape index (κ1) is 23.7. The number of ether oxygens (including phenoxy) is 2. The van der Waals surface area contributed by atoms with Gasteiger partial charge in [0, 0.05) is 15.6 Å². The number of furan rings is 1. The van der Waals surface area contributed by atoms with Crippen LogP contribution in [0.1, 0.15) is 33.3 Å². The Labute approximate surface area is 207 Å². The van der Waals surface area contributed by atoms with Crippen molar-refractivity contribution in [2.45, 2.75) is 27.0 Å². The van der Waals surface area contributed by atoms with Crippen molar-refractivity contribution < 1.29 is 18.7 Å². The Morgan fingerprint density at radius 1 is 1.03 bits per heavy atom. The molecule has 0 saturated heterocycles. The molecule has 0 aliphatic carbocycles. The molecule has 4 rings (SSSR count). The molecule has 176 valence electrons. The summed E-state index contributed by atoms with van der Waals surface area (Å²) in [6.07, 6.45) is 0. The van der Waals surface area contributed by atoms with Crippen LogP contribution < -0.4 is 14.8 Å². The van der Waals surface area contributed by atoms with Crippen LogP contribution in [-0.4, -0.2) is 22.8 Å². The topological polar surface area (TPSA) is 78.5 Å². The van der Waals surface area contributed by atoms with Crippen molar-refractivity contribution >= 4 is 34.8 Å². The normalized spacial score (nSPS) is 10.9. The summed E-state index contributed by atoms with van der Waals surface area (Å²) in [5, 5.41) is 8.55. The van der Waals surface area contributed by atoms with E-state index in [9.17, 15) is 4.79 Å². The van der Waals surface area contributed by atoms with Crippen molar-refractivity contribution in [1.82, 2.24) is 9.78 Å². The number of carbonyl (C=O) groups excluding carboxylic acids is 1. The Morgan fingerprint density at radius 2 is 1.71 bits per heavy atom. The van der Waals surface area contributed by atoms with Gasteiger partial charge in [-0.05, 0) is 62.4 Å². The second kappa shape index (κ2) is 10.2. The zero-order valence-electron chi connectivity index (χ0n) is 18.9.